The fraction of sp³-hybridized carbons (Fsp3) is 0.188. The van der Waals surface area contributed by atoms with Gasteiger partial charge in [0.05, 0.1) is 18.8 Å². The van der Waals surface area contributed by atoms with Gasteiger partial charge in [-0.05, 0) is 49.2 Å². The van der Waals surface area contributed by atoms with E-state index in [0.717, 1.165) is 28.2 Å². The second kappa shape index (κ2) is 4.43. The van der Waals surface area contributed by atoms with Crippen LogP contribution in [0.15, 0.2) is 42.7 Å². The van der Waals surface area contributed by atoms with Crippen LogP contribution in [-0.4, -0.2) is 16.5 Å². The van der Waals surface area contributed by atoms with Gasteiger partial charge in [-0.15, -0.1) is 0 Å². The van der Waals surface area contributed by atoms with E-state index in [1.807, 2.05) is 30.6 Å². The average molecular weight is 252 g/mol. The number of aromatic nitrogens is 2. The molecule has 0 aliphatic heterocycles. The minimum absolute atomic E-state index is 0.919. The van der Waals surface area contributed by atoms with Crippen molar-refractivity contribution in [3.63, 3.8) is 0 Å². The van der Waals surface area contributed by atoms with Crippen LogP contribution in [0.25, 0.3) is 16.9 Å². The molecule has 3 rings (SSSR count). The zero-order valence-corrected chi connectivity index (χ0v) is 11.3. The van der Waals surface area contributed by atoms with Crippen LogP contribution >= 0.6 is 0 Å². The Labute approximate surface area is 112 Å². The lowest BCUT2D eigenvalue weighted by Crippen LogP contribution is -1.96. The number of ether oxygens (including phenoxy) is 1. The first-order chi connectivity index (χ1) is 9.22. The molecule has 0 radical (unpaired) electrons. The van der Waals surface area contributed by atoms with Gasteiger partial charge in [0.2, 0.25) is 0 Å². The zero-order valence-electron chi connectivity index (χ0n) is 11.3. The molecule has 0 amide bonds. The molecule has 2 aromatic heterocycles. The van der Waals surface area contributed by atoms with Gasteiger partial charge in [0.15, 0.2) is 0 Å². The van der Waals surface area contributed by atoms with E-state index in [9.17, 15) is 0 Å². The highest BCUT2D eigenvalue weighted by atomic mass is 16.5. The summed E-state index contributed by atoms with van der Waals surface area (Å²) < 4.78 is 7.46. The largest absolute Gasteiger partial charge is 0.496 e. The Hall–Kier alpha value is -2.29. The first kappa shape index (κ1) is 11.8. The molecule has 96 valence electrons. The maximum Gasteiger partial charge on any atom is 0.144 e. The molecule has 0 unspecified atom stereocenters. The van der Waals surface area contributed by atoms with Gasteiger partial charge < -0.3 is 4.74 Å². The van der Waals surface area contributed by atoms with E-state index in [0.29, 0.717) is 0 Å². The molecule has 3 heteroatoms. The van der Waals surface area contributed by atoms with E-state index < -0.39 is 0 Å². The van der Waals surface area contributed by atoms with Crippen molar-refractivity contribution in [1.82, 2.24) is 9.38 Å². The lowest BCUT2D eigenvalue weighted by Gasteiger charge is -2.12. The second-order valence-electron chi connectivity index (χ2n) is 4.64. The lowest BCUT2D eigenvalue weighted by molar-refractivity contribution is 0.411. The topological polar surface area (TPSA) is 26.5 Å². The number of rotatable bonds is 2. The number of hydrogen-bond acceptors (Lipinski definition) is 2. The molecular formula is C16H16N2O. The van der Waals surface area contributed by atoms with Crippen molar-refractivity contribution < 1.29 is 4.74 Å². The van der Waals surface area contributed by atoms with Crippen molar-refractivity contribution in [2.45, 2.75) is 13.8 Å². The Balaban J connectivity index is 2.25. The summed E-state index contributed by atoms with van der Waals surface area (Å²) in [7, 11) is 1.70. The van der Waals surface area contributed by atoms with Crippen molar-refractivity contribution in [3.05, 3.63) is 53.9 Å². The molecule has 0 aliphatic carbocycles. The molecule has 0 saturated carbocycles. The van der Waals surface area contributed by atoms with E-state index >= 15 is 0 Å². The summed E-state index contributed by atoms with van der Waals surface area (Å²) in [6.07, 6.45) is 3.94. The quantitative estimate of drug-likeness (QED) is 0.696. The van der Waals surface area contributed by atoms with Crippen molar-refractivity contribution in [3.8, 4) is 17.1 Å². The Morgan fingerprint density at radius 2 is 1.89 bits per heavy atom. The Morgan fingerprint density at radius 1 is 1.05 bits per heavy atom. The summed E-state index contributed by atoms with van der Waals surface area (Å²) in [5, 5.41) is 0. The molecule has 0 saturated heterocycles. The summed E-state index contributed by atoms with van der Waals surface area (Å²) in [4.78, 5) is 4.55. The SMILES string of the molecule is COc1ccc(-c2ncc3ccccn23)c(C)c1C. The highest BCUT2D eigenvalue weighted by Crippen LogP contribution is 2.30. The van der Waals surface area contributed by atoms with Crippen molar-refractivity contribution in [1.29, 1.82) is 0 Å². The summed E-state index contributed by atoms with van der Waals surface area (Å²) in [5.74, 6) is 1.89. The Morgan fingerprint density at radius 3 is 2.68 bits per heavy atom. The summed E-state index contributed by atoms with van der Waals surface area (Å²) in [6, 6.07) is 10.2. The Bertz CT molecular complexity index is 744. The van der Waals surface area contributed by atoms with Crippen molar-refractivity contribution in [2.75, 3.05) is 7.11 Å². The minimum atomic E-state index is 0.919. The lowest BCUT2D eigenvalue weighted by atomic mass is 10.0. The summed E-state index contributed by atoms with van der Waals surface area (Å²) >= 11 is 0. The molecule has 0 spiro atoms. The molecule has 1 aromatic carbocycles. The first-order valence-corrected chi connectivity index (χ1v) is 6.29. The molecular weight excluding hydrogens is 236 g/mol. The third kappa shape index (κ3) is 1.78. The van der Waals surface area contributed by atoms with Crippen LogP contribution in [0.3, 0.4) is 0 Å². The minimum Gasteiger partial charge on any atom is -0.496 e. The summed E-state index contributed by atoms with van der Waals surface area (Å²) in [5.41, 5.74) is 4.61. The number of fused-ring (bicyclic) bond motifs is 1. The van der Waals surface area contributed by atoms with Crippen LogP contribution in [0.4, 0.5) is 0 Å². The van der Waals surface area contributed by atoms with Gasteiger partial charge in [0.1, 0.15) is 11.6 Å². The van der Waals surface area contributed by atoms with Gasteiger partial charge in [-0.2, -0.15) is 0 Å². The molecule has 2 heterocycles. The van der Waals surface area contributed by atoms with E-state index in [4.69, 9.17) is 4.74 Å². The monoisotopic (exact) mass is 252 g/mol. The van der Waals surface area contributed by atoms with E-state index in [2.05, 4.69) is 35.4 Å². The molecule has 0 atom stereocenters. The third-order valence-corrected chi connectivity index (χ3v) is 3.64. The van der Waals surface area contributed by atoms with Crippen LogP contribution in [-0.2, 0) is 0 Å². The zero-order chi connectivity index (χ0) is 13.4. The highest BCUT2D eigenvalue weighted by molar-refractivity contribution is 5.68. The van der Waals surface area contributed by atoms with Crippen LogP contribution in [0, 0.1) is 13.8 Å². The molecule has 0 fully saturated rings. The highest BCUT2D eigenvalue weighted by Gasteiger charge is 2.12. The fourth-order valence-corrected chi connectivity index (χ4v) is 2.40. The normalized spacial score (nSPS) is 10.9. The van der Waals surface area contributed by atoms with Gasteiger partial charge in [-0.3, -0.25) is 4.40 Å². The predicted octanol–water partition coefficient (Wildman–Crippen LogP) is 3.63. The predicted molar refractivity (Wildman–Crippen MR) is 76.7 cm³/mol. The molecule has 0 aliphatic rings. The van der Waals surface area contributed by atoms with Crippen molar-refractivity contribution in [2.24, 2.45) is 0 Å². The number of benzene rings is 1. The number of methoxy groups -OCH3 is 1. The van der Waals surface area contributed by atoms with Crippen LogP contribution in [0.5, 0.6) is 5.75 Å². The van der Waals surface area contributed by atoms with Gasteiger partial charge in [0.25, 0.3) is 0 Å². The van der Waals surface area contributed by atoms with Gasteiger partial charge >= 0.3 is 0 Å². The maximum atomic E-state index is 5.36. The molecule has 19 heavy (non-hydrogen) atoms. The van der Waals surface area contributed by atoms with Crippen LogP contribution in [0.1, 0.15) is 11.1 Å². The van der Waals surface area contributed by atoms with Gasteiger partial charge in [0, 0.05) is 11.8 Å². The smallest absolute Gasteiger partial charge is 0.144 e. The van der Waals surface area contributed by atoms with E-state index in [1.165, 1.54) is 5.56 Å². The standard InChI is InChI=1S/C16H16N2O/c1-11-12(2)15(19-3)8-7-14(11)16-17-10-13-6-4-5-9-18(13)16/h4-10H,1-3H3. The average Bonchev–Trinajstić information content (AvgIpc) is 2.86. The van der Waals surface area contributed by atoms with Crippen LogP contribution < -0.4 is 4.74 Å². The van der Waals surface area contributed by atoms with Crippen molar-refractivity contribution >= 4 is 5.52 Å². The van der Waals surface area contributed by atoms with Gasteiger partial charge in [-0.25, -0.2) is 4.98 Å². The number of hydrogen-bond donors (Lipinski definition) is 0. The molecule has 0 bridgehead atoms. The van der Waals surface area contributed by atoms with Crippen LogP contribution in [0.2, 0.25) is 0 Å². The summed E-state index contributed by atoms with van der Waals surface area (Å²) in [6.45, 7) is 4.19. The number of nitrogens with zero attached hydrogens (tertiary/aromatic N) is 2. The van der Waals surface area contributed by atoms with E-state index in [1.54, 1.807) is 7.11 Å². The van der Waals surface area contributed by atoms with Gasteiger partial charge in [-0.1, -0.05) is 6.07 Å². The fourth-order valence-electron chi connectivity index (χ4n) is 2.40. The molecule has 3 aromatic rings. The molecule has 3 nitrogen and oxygen atoms in total. The maximum absolute atomic E-state index is 5.36. The van der Waals surface area contributed by atoms with E-state index in [-0.39, 0.29) is 0 Å². The number of pyridine rings is 1. The number of imidazole rings is 1. The molecule has 0 N–H and O–H groups in total. The Kier molecular flexibility index (Phi) is 2.75. The second-order valence-corrected chi connectivity index (χ2v) is 4.64. The third-order valence-electron chi connectivity index (χ3n) is 3.64. The first-order valence-electron chi connectivity index (χ1n) is 6.29.